The molecular weight excluding hydrogens is 358 g/mol. The smallest absolute Gasteiger partial charge is 0.182 e. The second kappa shape index (κ2) is 9.12. The van der Waals surface area contributed by atoms with Crippen LogP contribution in [0.1, 0.15) is 0 Å². The summed E-state index contributed by atoms with van der Waals surface area (Å²) in [4.78, 5) is 26.1. The van der Waals surface area contributed by atoms with Gasteiger partial charge in [0.05, 0.1) is 36.0 Å². The number of pyridine rings is 3. The highest BCUT2D eigenvalue weighted by Crippen LogP contribution is 2.23. The molecule has 8 heteroatoms. The highest BCUT2D eigenvalue weighted by atomic mass is 16.3. The number of aromatic nitrogens is 3. The molecule has 0 spiro atoms. The van der Waals surface area contributed by atoms with Crippen molar-refractivity contribution in [3.8, 4) is 22.8 Å². The van der Waals surface area contributed by atoms with Crippen LogP contribution in [0.25, 0.3) is 22.8 Å². The summed E-state index contributed by atoms with van der Waals surface area (Å²) in [5, 5.41) is 21.2. The lowest BCUT2D eigenvalue weighted by Gasteiger charge is -2.18. The van der Waals surface area contributed by atoms with Crippen LogP contribution in [0.5, 0.6) is 0 Å². The summed E-state index contributed by atoms with van der Waals surface area (Å²) in [7, 11) is 1.88. The van der Waals surface area contributed by atoms with Crippen molar-refractivity contribution in [1.29, 1.82) is 0 Å². The number of aromatic amines is 1. The summed E-state index contributed by atoms with van der Waals surface area (Å²) in [6.07, 6.45) is 3.31. The summed E-state index contributed by atoms with van der Waals surface area (Å²) < 4.78 is 0. The molecule has 3 heterocycles. The van der Waals surface area contributed by atoms with Gasteiger partial charge in [0.15, 0.2) is 5.43 Å². The van der Waals surface area contributed by atoms with Gasteiger partial charge in [0.1, 0.15) is 0 Å². The predicted molar refractivity (Wildman–Crippen MR) is 109 cm³/mol. The van der Waals surface area contributed by atoms with Crippen LogP contribution in [0.15, 0.2) is 53.6 Å². The van der Waals surface area contributed by atoms with Crippen LogP contribution in [0.4, 0.5) is 11.4 Å². The number of H-pyrrole nitrogens is 1. The van der Waals surface area contributed by atoms with Crippen molar-refractivity contribution in [2.45, 2.75) is 0 Å². The van der Waals surface area contributed by atoms with Gasteiger partial charge in [-0.15, -0.1) is 0 Å². The largest absolute Gasteiger partial charge is 0.395 e. The van der Waals surface area contributed by atoms with Crippen LogP contribution in [-0.4, -0.2) is 58.5 Å². The Morgan fingerprint density at radius 2 is 1.68 bits per heavy atom. The number of hydrogen-bond donors (Lipinski definition) is 4. The summed E-state index contributed by atoms with van der Waals surface area (Å²) in [6.45, 7) is 0.999. The van der Waals surface area contributed by atoms with Crippen LogP contribution in [0, 0.1) is 0 Å². The van der Waals surface area contributed by atoms with Crippen molar-refractivity contribution in [2.75, 3.05) is 43.6 Å². The maximum Gasteiger partial charge on any atom is 0.182 e. The monoisotopic (exact) mass is 381 g/mol. The summed E-state index contributed by atoms with van der Waals surface area (Å²) >= 11 is 0. The van der Waals surface area contributed by atoms with Gasteiger partial charge in [-0.2, -0.15) is 0 Å². The average Bonchev–Trinajstić information content (AvgIpc) is 2.72. The second-order valence-electron chi connectivity index (χ2n) is 6.27. The molecule has 0 radical (unpaired) electrons. The first-order valence-corrected chi connectivity index (χ1v) is 8.94. The first kappa shape index (κ1) is 19.5. The van der Waals surface area contributed by atoms with E-state index >= 15 is 0 Å². The topological polar surface area (TPSA) is 114 Å². The minimum Gasteiger partial charge on any atom is -0.395 e. The molecule has 0 unspecified atom stereocenters. The van der Waals surface area contributed by atoms with E-state index in [4.69, 9.17) is 10.2 Å². The highest BCUT2D eigenvalue weighted by Gasteiger charge is 2.09. The molecule has 3 aromatic heterocycles. The Morgan fingerprint density at radius 1 is 1.00 bits per heavy atom. The number of likely N-dealkylation sites (N-methyl/N-ethyl adjacent to an activating group) is 1. The Balaban J connectivity index is 1.97. The minimum atomic E-state index is -0.157. The lowest BCUT2D eigenvalue weighted by Crippen LogP contribution is -2.21. The normalized spacial score (nSPS) is 10.7. The van der Waals surface area contributed by atoms with Crippen molar-refractivity contribution in [2.24, 2.45) is 0 Å². The van der Waals surface area contributed by atoms with E-state index in [1.807, 2.05) is 30.1 Å². The number of hydrogen-bond acceptors (Lipinski definition) is 7. The van der Waals surface area contributed by atoms with Gasteiger partial charge in [0.25, 0.3) is 0 Å². The molecule has 0 saturated heterocycles. The Labute approximate surface area is 162 Å². The van der Waals surface area contributed by atoms with Gasteiger partial charge >= 0.3 is 0 Å². The minimum absolute atomic E-state index is 0.0245. The highest BCUT2D eigenvalue weighted by molar-refractivity contribution is 5.66. The number of anilines is 2. The Kier molecular flexibility index (Phi) is 6.36. The van der Waals surface area contributed by atoms with E-state index in [1.54, 1.807) is 18.5 Å². The van der Waals surface area contributed by atoms with E-state index in [9.17, 15) is 4.79 Å². The van der Waals surface area contributed by atoms with Gasteiger partial charge < -0.3 is 25.4 Å². The molecule has 8 nitrogen and oxygen atoms in total. The van der Waals surface area contributed by atoms with Gasteiger partial charge in [-0.1, -0.05) is 0 Å². The molecule has 146 valence electrons. The second-order valence-corrected chi connectivity index (χ2v) is 6.27. The zero-order valence-electron chi connectivity index (χ0n) is 15.6. The molecule has 0 amide bonds. The Morgan fingerprint density at radius 3 is 2.36 bits per heavy atom. The zero-order chi connectivity index (χ0) is 19.9. The number of nitrogens with one attached hydrogen (secondary N) is 2. The standard InChI is InChI=1S/C20H23N5O3/c1-25(7-9-27)15-3-5-23-18(11-15)20-13-16(28)12-19(24-20)17-10-14(2-4-22-17)21-6-8-26/h2-5,10-13,26-27H,6-9H2,1H3,(H,21,22)(H,24,28). The third-order valence-electron chi connectivity index (χ3n) is 4.22. The first-order valence-electron chi connectivity index (χ1n) is 8.94. The fraction of sp³-hybridized carbons (Fsp3) is 0.250. The Bertz CT molecular complexity index is 989. The molecule has 0 aliphatic heterocycles. The molecule has 0 fully saturated rings. The lowest BCUT2D eigenvalue weighted by atomic mass is 10.1. The molecule has 0 aliphatic rings. The number of nitrogens with zero attached hydrogens (tertiary/aromatic N) is 3. The first-order chi connectivity index (χ1) is 13.6. The molecule has 0 atom stereocenters. The molecule has 28 heavy (non-hydrogen) atoms. The number of rotatable bonds is 8. The van der Waals surface area contributed by atoms with Gasteiger partial charge in [0.2, 0.25) is 0 Å². The third kappa shape index (κ3) is 4.73. The number of aliphatic hydroxyl groups is 2. The van der Waals surface area contributed by atoms with Gasteiger partial charge in [-0.25, -0.2) is 0 Å². The summed E-state index contributed by atoms with van der Waals surface area (Å²) in [5.74, 6) is 0. The van der Waals surface area contributed by atoms with E-state index in [1.165, 1.54) is 12.1 Å². The molecule has 4 N–H and O–H groups in total. The van der Waals surface area contributed by atoms with E-state index in [0.29, 0.717) is 35.9 Å². The van der Waals surface area contributed by atoms with Crippen LogP contribution >= 0.6 is 0 Å². The zero-order valence-corrected chi connectivity index (χ0v) is 15.6. The maximum absolute atomic E-state index is 12.3. The number of aliphatic hydroxyl groups excluding tert-OH is 2. The third-order valence-corrected chi connectivity index (χ3v) is 4.22. The molecule has 3 aromatic rings. The van der Waals surface area contributed by atoms with Crippen molar-refractivity contribution < 1.29 is 10.2 Å². The quantitative estimate of drug-likeness (QED) is 0.465. The maximum atomic E-state index is 12.3. The van der Waals surface area contributed by atoms with Crippen molar-refractivity contribution in [1.82, 2.24) is 15.0 Å². The van der Waals surface area contributed by atoms with Crippen LogP contribution in [0.2, 0.25) is 0 Å². The molecule has 0 saturated carbocycles. The summed E-state index contributed by atoms with van der Waals surface area (Å²) in [5.41, 5.74) is 3.92. The molecule has 3 rings (SSSR count). The van der Waals surface area contributed by atoms with E-state index in [2.05, 4.69) is 20.3 Å². The van der Waals surface area contributed by atoms with Crippen molar-refractivity contribution >= 4 is 11.4 Å². The van der Waals surface area contributed by atoms with E-state index in [-0.39, 0.29) is 18.6 Å². The molecular formula is C20H23N5O3. The van der Waals surface area contributed by atoms with Crippen LogP contribution < -0.4 is 15.6 Å². The predicted octanol–water partition coefficient (Wildman–Crippen LogP) is 1.33. The molecule has 0 bridgehead atoms. The summed E-state index contributed by atoms with van der Waals surface area (Å²) in [6, 6.07) is 10.3. The van der Waals surface area contributed by atoms with Gasteiger partial charge in [-0.05, 0) is 24.3 Å². The fourth-order valence-electron chi connectivity index (χ4n) is 2.79. The molecule has 0 aromatic carbocycles. The van der Waals surface area contributed by atoms with E-state index in [0.717, 1.165) is 11.4 Å². The lowest BCUT2D eigenvalue weighted by molar-refractivity contribution is 0.304. The fourth-order valence-corrected chi connectivity index (χ4v) is 2.79. The van der Waals surface area contributed by atoms with Crippen molar-refractivity contribution in [3.63, 3.8) is 0 Å². The Hall–Kier alpha value is -3.23. The van der Waals surface area contributed by atoms with E-state index < -0.39 is 0 Å². The SMILES string of the molecule is CN(CCO)c1ccnc(-c2cc(=O)cc(-c3cc(NCCO)ccn3)[nH]2)c1. The van der Waals surface area contributed by atoms with Gasteiger partial charge in [-0.3, -0.25) is 14.8 Å². The van der Waals surface area contributed by atoms with Crippen LogP contribution in [-0.2, 0) is 0 Å². The van der Waals surface area contributed by atoms with Crippen LogP contribution in [0.3, 0.4) is 0 Å². The van der Waals surface area contributed by atoms with Gasteiger partial charge in [0, 0.05) is 56.0 Å². The average molecular weight is 381 g/mol. The van der Waals surface area contributed by atoms with Crippen molar-refractivity contribution in [3.05, 3.63) is 59.0 Å². The molecule has 0 aliphatic carbocycles.